The molecule has 1 atom stereocenters. The monoisotopic (exact) mass is 371 g/mol. The van der Waals surface area contributed by atoms with Gasteiger partial charge >= 0.3 is 18.3 Å². The van der Waals surface area contributed by atoms with Crippen LogP contribution in [0.4, 0.5) is 35.1 Å². The van der Waals surface area contributed by atoms with Crippen molar-refractivity contribution in [3.8, 4) is 0 Å². The van der Waals surface area contributed by atoms with E-state index in [0.29, 0.717) is 24.3 Å². The maximum Gasteiger partial charge on any atom is 0.457 e. The van der Waals surface area contributed by atoms with Crippen molar-refractivity contribution in [2.24, 2.45) is 0 Å². The molecule has 0 bridgehead atoms. The Morgan fingerprint density at radius 1 is 0.720 bits per heavy atom. The van der Waals surface area contributed by atoms with E-state index in [1.165, 1.54) is 0 Å². The third-order valence-corrected chi connectivity index (χ3v) is 3.53. The number of hydrogen-bond donors (Lipinski definition) is 1. The summed E-state index contributed by atoms with van der Waals surface area (Å²) >= 11 is 0. The van der Waals surface area contributed by atoms with Gasteiger partial charge in [-0.05, 0) is 23.8 Å². The molecule has 0 saturated carbocycles. The van der Waals surface area contributed by atoms with E-state index in [0.717, 1.165) is 24.5 Å². The summed E-state index contributed by atoms with van der Waals surface area (Å²) in [6.07, 6.45) is -10.0. The Hall–Kier alpha value is -2.23. The van der Waals surface area contributed by atoms with E-state index in [4.69, 9.17) is 0 Å². The number of aliphatic hydroxyl groups is 1. The zero-order valence-electron chi connectivity index (χ0n) is 12.0. The highest BCUT2D eigenvalue weighted by molar-refractivity contribution is 5.44. The molecule has 0 radical (unpaired) electrons. The standard InChI is InChI=1S/C15H9F8NO/c16-13(17,18)11-4-2-1-3-10(11)12(25,9-5-7-24-8-6-9)14(19,20)15(21,22)23/h1-8,25H. The van der Waals surface area contributed by atoms with Gasteiger partial charge in [-0.3, -0.25) is 4.98 Å². The van der Waals surface area contributed by atoms with Crippen LogP contribution in [-0.4, -0.2) is 22.2 Å². The molecule has 1 aromatic carbocycles. The Bertz CT molecular complexity index is 741. The normalized spacial score (nSPS) is 15.7. The van der Waals surface area contributed by atoms with E-state index in [1.807, 2.05) is 0 Å². The summed E-state index contributed by atoms with van der Waals surface area (Å²) in [7, 11) is 0. The second kappa shape index (κ2) is 5.94. The smallest absolute Gasteiger partial charge is 0.374 e. The van der Waals surface area contributed by atoms with Crippen LogP contribution in [0.1, 0.15) is 16.7 Å². The molecule has 1 heterocycles. The average Bonchev–Trinajstić information content (AvgIpc) is 2.53. The molecule has 0 saturated heterocycles. The van der Waals surface area contributed by atoms with Gasteiger partial charge in [0.15, 0.2) is 5.60 Å². The van der Waals surface area contributed by atoms with Gasteiger partial charge < -0.3 is 5.11 Å². The molecule has 136 valence electrons. The average molecular weight is 371 g/mol. The molecule has 0 aliphatic rings. The van der Waals surface area contributed by atoms with Crippen LogP contribution in [-0.2, 0) is 11.8 Å². The zero-order valence-corrected chi connectivity index (χ0v) is 12.0. The lowest BCUT2D eigenvalue weighted by Crippen LogP contribution is -2.56. The van der Waals surface area contributed by atoms with E-state index in [2.05, 4.69) is 4.98 Å². The first kappa shape index (κ1) is 19.1. The summed E-state index contributed by atoms with van der Waals surface area (Å²) in [5.41, 5.74) is -8.81. The first-order valence-electron chi connectivity index (χ1n) is 6.57. The molecule has 1 N–H and O–H groups in total. The number of aromatic nitrogens is 1. The Morgan fingerprint density at radius 2 is 1.20 bits per heavy atom. The van der Waals surface area contributed by atoms with E-state index in [-0.39, 0.29) is 0 Å². The maximum absolute atomic E-state index is 14.2. The number of hydrogen-bond acceptors (Lipinski definition) is 2. The fourth-order valence-electron chi connectivity index (χ4n) is 2.35. The van der Waals surface area contributed by atoms with Crippen molar-refractivity contribution in [2.45, 2.75) is 23.9 Å². The van der Waals surface area contributed by atoms with Crippen LogP contribution in [0.3, 0.4) is 0 Å². The maximum atomic E-state index is 14.2. The topological polar surface area (TPSA) is 33.1 Å². The van der Waals surface area contributed by atoms with Crippen molar-refractivity contribution in [2.75, 3.05) is 0 Å². The summed E-state index contributed by atoms with van der Waals surface area (Å²) in [5, 5.41) is 10.4. The summed E-state index contributed by atoms with van der Waals surface area (Å²) in [5.74, 6) is -5.91. The zero-order chi connectivity index (χ0) is 19.1. The van der Waals surface area contributed by atoms with Crippen LogP contribution in [0.15, 0.2) is 48.8 Å². The van der Waals surface area contributed by atoms with Crippen molar-refractivity contribution >= 4 is 0 Å². The van der Waals surface area contributed by atoms with Gasteiger partial charge in [0.2, 0.25) is 0 Å². The SMILES string of the molecule is OC(c1ccncc1)(c1ccccc1C(F)(F)F)C(F)(F)C(F)(F)F. The molecule has 2 aromatic rings. The van der Waals surface area contributed by atoms with Crippen molar-refractivity contribution in [1.29, 1.82) is 0 Å². The number of rotatable bonds is 3. The molecular formula is C15H9F8NO. The Morgan fingerprint density at radius 3 is 1.64 bits per heavy atom. The number of nitrogens with zero attached hydrogens (tertiary/aromatic N) is 1. The Labute approximate surface area is 135 Å². The number of alkyl halides is 8. The largest absolute Gasteiger partial charge is 0.457 e. The molecule has 10 heteroatoms. The molecule has 2 rings (SSSR count). The second-order valence-corrected chi connectivity index (χ2v) is 5.06. The molecule has 0 aliphatic heterocycles. The lowest BCUT2D eigenvalue weighted by Gasteiger charge is -2.38. The number of benzene rings is 1. The van der Waals surface area contributed by atoms with Crippen molar-refractivity contribution < 1.29 is 40.2 Å². The van der Waals surface area contributed by atoms with Gasteiger partial charge in [-0.15, -0.1) is 0 Å². The number of pyridine rings is 1. The molecule has 1 unspecified atom stereocenters. The summed E-state index contributed by atoms with van der Waals surface area (Å²) in [6.45, 7) is 0. The van der Waals surface area contributed by atoms with Crippen molar-refractivity contribution in [3.05, 3.63) is 65.5 Å². The minimum atomic E-state index is -6.32. The quantitative estimate of drug-likeness (QED) is 0.804. The molecule has 0 amide bonds. The molecule has 25 heavy (non-hydrogen) atoms. The lowest BCUT2D eigenvalue weighted by molar-refractivity contribution is -0.337. The van der Waals surface area contributed by atoms with Crippen molar-refractivity contribution in [1.82, 2.24) is 4.98 Å². The summed E-state index contributed by atoms with van der Waals surface area (Å²) < 4.78 is 106. The second-order valence-electron chi connectivity index (χ2n) is 5.06. The van der Waals surface area contributed by atoms with E-state index < -0.39 is 40.6 Å². The van der Waals surface area contributed by atoms with Crippen LogP contribution in [0.2, 0.25) is 0 Å². The van der Waals surface area contributed by atoms with Gasteiger partial charge in [0.05, 0.1) is 5.56 Å². The van der Waals surface area contributed by atoms with E-state index >= 15 is 0 Å². The van der Waals surface area contributed by atoms with Gasteiger partial charge in [-0.2, -0.15) is 35.1 Å². The van der Waals surface area contributed by atoms with E-state index in [9.17, 15) is 40.2 Å². The predicted octanol–water partition coefficient (Wildman–Crippen LogP) is 4.53. The van der Waals surface area contributed by atoms with Crippen LogP contribution < -0.4 is 0 Å². The van der Waals surface area contributed by atoms with Gasteiger partial charge in [-0.25, -0.2) is 0 Å². The first-order valence-corrected chi connectivity index (χ1v) is 6.57. The summed E-state index contributed by atoms with van der Waals surface area (Å²) in [4.78, 5) is 3.41. The highest BCUT2D eigenvalue weighted by Crippen LogP contribution is 2.53. The minimum absolute atomic E-state index is 0.313. The third kappa shape index (κ3) is 3.06. The fourth-order valence-corrected chi connectivity index (χ4v) is 2.35. The fraction of sp³-hybridized carbons (Fsp3) is 0.267. The third-order valence-electron chi connectivity index (χ3n) is 3.53. The van der Waals surface area contributed by atoms with Gasteiger partial charge in [0.1, 0.15) is 0 Å². The van der Waals surface area contributed by atoms with Gasteiger partial charge in [-0.1, -0.05) is 18.2 Å². The highest BCUT2D eigenvalue weighted by atomic mass is 19.4. The minimum Gasteiger partial charge on any atom is -0.374 e. The number of halogens is 8. The van der Waals surface area contributed by atoms with Gasteiger partial charge in [0, 0.05) is 18.0 Å². The highest BCUT2D eigenvalue weighted by Gasteiger charge is 2.72. The Balaban J connectivity index is 2.89. The van der Waals surface area contributed by atoms with E-state index in [1.54, 1.807) is 0 Å². The van der Waals surface area contributed by atoms with Gasteiger partial charge in [0.25, 0.3) is 0 Å². The van der Waals surface area contributed by atoms with Crippen molar-refractivity contribution in [3.63, 3.8) is 0 Å². The van der Waals surface area contributed by atoms with Crippen LogP contribution in [0.25, 0.3) is 0 Å². The van der Waals surface area contributed by atoms with Crippen LogP contribution in [0, 0.1) is 0 Å². The molecular weight excluding hydrogens is 362 g/mol. The molecule has 0 aliphatic carbocycles. The van der Waals surface area contributed by atoms with Crippen LogP contribution in [0.5, 0.6) is 0 Å². The molecule has 0 fully saturated rings. The molecule has 1 aromatic heterocycles. The van der Waals surface area contributed by atoms with Crippen LogP contribution >= 0.6 is 0 Å². The lowest BCUT2D eigenvalue weighted by atomic mass is 9.78. The molecule has 0 spiro atoms. The predicted molar refractivity (Wildman–Crippen MR) is 69.7 cm³/mol. The Kier molecular flexibility index (Phi) is 4.54. The first-order chi connectivity index (χ1) is 11.3. The molecule has 2 nitrogen and oxygen atoms in total. The summed E-state index contributed by atoms with van der Waals surface area (Å²) in [6, 6.07) is 3.50.